The Morgan fingerprint density at radius 1 is 1.44 bits per heavy atom. The van der Waals surface area contributed by atoms with Crippen molar-refractivity contribution in [2.24, 2.45) is 5.73 Å². The Labute approximate surface area is 93.9 Å². The molecule has 1 aromatic carbocycles. The van der Waals surface area contributed by atoms with Crippen LogP contribution >= 0.6 is 0 Å². The van der Waals surface area contributed by atoms with E-state index in [2.05, 4.69) is 17.9 Å². The van der Waals surface area contributed by atoms with Crippen molar-refractivity contribution in [3.05, 3.63) is 35.4 Å². The molecule has 0 heterocycles. The van der Waals surface area contributed by atoms with Crippen LogP contribution in [0.5, 0.6) is 0 Å². The summed E-state index contributed by atoms with van der Waals surface area (Å²) in [6.45, 7) is 0. The molecule has 0 saturated heterocycles. The summed E-state index contributed by atoms with van der Waals surface area (Å²) in [5.41, 5.74) is 6.32. The Bertz CT molecular complexity index is 539. The van der Waals surface area contributed by atoms with Gasteiger partial charge in [-0.25, -0.2) is 0 Å². The minimum atomic E-state index is -0.646. The lowest BCUT2D eigenvalue weighted by Crippen LogP contribution is -2.06. The molecule has 3 nitrogen and oxygen atoms in total. The standard InChI is InChI=1S/C13H10N2O/c14-9-13(6-7-13)11-3-1-2-10(8-11)4-5-12(15)16/h1-3,8H,6-7H2,(H2,15,16). The topological polar surface area (TPSA) is 66.9 Å². The van der Waals surface area contributed by atoms with Gasteiger partial charge >= 0.3 is 0 Å². The lowest BCUT2D eigenvalue weighted by molar-refractivity contribution is -0.112. The minimum Gasteiger partial charge on any atom is -0.359 e. The van der Waals surface area contributed by atoms with Gasteiger partial charge in [0.15, 0.2) is 0 Å². The van der Waals surface area contributed by atoms with Gasteiger partial charge in [0, 0.05) is 5.56 Å². The number of rotatable bonds is 1. The molecule has 0 radical (unpaired) electrons. The van der Waals surface area contributed by atoms with Gasteiger partial charge in [-0.05, 0) is 36.5 Å². The third kappa shape index (κ3) is 1.89. The summed E-state index contributed by atoms with van der Waals surface area (Å²) >= 11 is 0. The number of nitrogens with two attached hydrogens (primary N) is 1. The van der Waals surface area contributed by atoms with E-state index in [0.29, 0.717) is 0 Å². The maximum atomic E-state index is 10.5. The molecule has 16 heavy (non-hydrogen) atoms. The zero-order chi connectivity index (χ0) is 11.6. The second-order valence-electron chi connectivity index (χ2n) is 3.89. The number of carbonyl (C=O) groups excluding carboxylic acids is 1. The Kier molecular flexibility index (Phi) is 2.38. The Morgan fingerprint density at radius 2 is 2.19 bits per heavy atom. The number of carbonyl (C=O) groups is 1. The Morgan fingerprint density at radius 3 is 2.75 bits per heavy atom. The minimum absolute atomic E-state index is 0.315. The van der Waals surface area contributed by atoms with Crippen molar-refractivity contribution in [1.82, 2.24) is 0 Å². The van der Waals surface area contributed by atoms with E-state index >= 15 is 0 Å². The van der Waals surface area contributed by atoms with E-state index in [4.69, 9.17) is 11.0 Å². The number of hydrogen-bond acceptors (Lipinski definition) is 2. The Balaban J connectivity index is 2.32. The van der Waals surface area contributed by atoms with E-state index < -0.39 is 5.91 Å². The predicted molar refractivity (Wildman–Crippen MR) is 59.0 cm³/mol. The number of benzene rings is 1. The van der Waals surface area contributed by atoms with Crippen LogP contribution in [-0.2, 0) is 10.2 Å². The van der Waals surface area contributed by atoms with Gasteiger partial charge in [0.25, 0.3) is 5.91 Å². The fourth-order valence-electron chi connectivity index (χ4n) is 1.62. The molecule has 2 rings (SSSR count). The average Bonchev–Trinajstić information content (AvgIpc) is 3.08. The van der Waals surface area contributed by atoms with Gasteiger partial charge in [0.2, 0.25) is 0 Å². The molecule has 0 bridgehead atoms. The fourth-order valence-corrected chi connectivity index (χ4v) is 1.62. The normalized spacial score (nSPS) is 15.4. The lowest BCUT2D eigenvalue weighted by atomic mass is 9.96. The summed E-state index contributed by atoms with van der Waals surface area (Å²) in [6.07, 6.45) is 1.80. The molecule has 1 aliphatic carbocycles. The molecule has 1 aromatic rings. The van der Waals surface area contributed by atoms with Crippen molar-refractivity contribution in [1.29, 1.82) is 5.26 Å². The molecule has 0 atom stereocenters. The average molecular weight is 210 g/mol. The first kappa shape index (κ1) is 10.3. The molecule has 1 aliphatic rings. The van der Waals surface area contributed by atoms with Crippen LogP contribution in [0.3, 0.4) is 0 Å². The highest BCUT2D eigenvalue weighted by molar-refractivity contribution is 5.92. The summed E-state index contributed by atoms with van der Waals surface area (Å²) < 4.78 is 0. The van der Waals surface area contributed by atoms with E-state index in [9.17, 15) is 4.79 Å². The van der Waals surface area contributed by atoms with Crippen molar-refractivity contribution < 1.29 is 4.79 Å². The Hall–Kier alpha value is -2.26. The van der Waals surface area contributed by atoms with Crippen LogP contribution in [0.2, 0.25) is 0 Å². The van der Waals surface area contributed by atoms with Crippen LogP contribution in [0.1, 0.15) is 24.0 Å². The molecule has 1 saturated carbocycles. The third-order valence-electron chi connectivity index (χ3n) is 2.71. The molecular formula is C13H10N2O. The second-order valence-corrected chi connectivity index (χ2v) is 3.89. The van der Waals surface area contributed by atoms with Crippen molar-refractivity contribution in [2.45, 2.75) is 18.3 Å². The second kappa shape index (κ2) is 3.72. The monoisotopic (exact) mass is 210 g/mol. The van der Waals surface area contributed by atoms with Crippen molar-refractivity contribution in [2.75, 3.05) is 0 Å². The van der Waals surface area contributed by atoms with Gasteiger partial charge in [0.05, 0.1) is 11.5 Å². The van der Waals surface area contributed by atoms with Crippen molar-refractivity contribution in [3.8, 4) is 17.9 Å². The first-order valence-electron chi connectivity index (χ1n) is 4.99. The smallest absolute Gasteiger partial charge is 0.293 e. The molecule has 0 aromatic heterocycles. The summed E-state index contributed by atoms with van der Waals surface area (Å²) in [7, 11) is 0. The van der Waals surface area contributed by atoms with Crippen LogP contribution in [0.25, 0.3) is 0 Å². The summed E-state index contributed by atoms with van der Waals surface area (Å²) in [4.78, 5) is 10.5. The van der Waals surface area contributed by atoms with E-state index in [-0.39, 0.29) is 5.41 Å². The number of primary amides is 1. The molecule has 1 amide bonds. The predicted octanol–water partition coefficient (Wildman–Crippen LogP) is 1.08. The van der Waals surface area contributed by atoms with Crippen LogP contribution < -0.4 is 5.73 Å². The van der Waals surface area contributed by atoms with E-state index in [1.54, 1.807) is 6.07 Å². The fraction of sp³-hybridized carbons (Fsp3) is 0.231. The van der Waals surface area contributed by atoms with Crippen LogP contribution in [0, 0.1) is 23.2 Å². The van der Waals surface area contributed by atoms with Gasteiger partial charge in [-0.3, -0.25) is 4.79 Å². The van der Waals surface area contributed by atoms with Gasteiger partial charge < -0.3 is 5.73 Å². The molecule has 0 spiro atoms. The third-order valence-corrected chi connectivity index (χ3v) is 2.71. The van der Waals surface area contributed by atoms with Crippen molar-refractivity contribution >= 4 is 5.91 Å². The largest absolute Gasteiger partial charge is 0.359 e. The number of nitrogens with zero attached hydrogens (tertiary/aromatic N) is 1. The van der Waals surface area contributed by atoms with Gasteiger partial charge in [0.1, 0.15) is 0 Å². The van der Waals surface area contributed by atoms with Gasteiger partial charge in [-0.2, -0.15) is 5.26 Å². The van der Waals surface area contributed by atoms with E-state index in [1.165, 1.54) is 0 Å². The molecule has 0 aliphatic heterocycles. The molecule has 3 heteroatoms. The highest BCUT2D eigenvalue weighted by Gasteiger charge is 2.44. The molecule has 0 unspecified atom stereocenters. The van der Waals surface area contributed by atoms with Gasteiger partial charge in [-0.1, -0.05) is 18.1 Å². The zero-order valence-electron chi connectivity index (χ0n) is 8.66. The highest BCUT2D eigenvalue weighted by Crippen LogP contribution is 2.47. The molecule has 78 valence electrons. The SMILES string of the molecule is N#CC1(c2cccc(C#CC(N)=O)c2)CC1. The lowest BCUT2D eigenvalue weighted by Gasteiger charge is -2.05. The first-order valence-corrected chi connectivity index (χ1v) is 4.99. The summed E-state index contributed by atoms with van der Waals surface area (Å²) in [5.74, 6) is 4.31. The van der Waals surface area contributed by atoms with E-state index in [0.717, 1.165) is 24.0 Å². The maximum absolute atomic E-state index is 10.5. The van der Waals surface area contributed by atoms with Crippen LogP contribution in [0.15, 0.2) is 24.3 Å². The molecule has 1 fully saturated rings. The van der Waals surface area contributed by atoms with E-state index in [1.807, 2.05) is 18.2 Å². The number of hydrogen-bond donors (Lipinski definition) is 1. The highest BCUT2D eigenvalue weighted by atomic mass is 16.1. The summed E-state index contributed by atoms with van der Waals surface area (Å²) in [6, 6.07) is 9.74. The van der Waals surface area contributed by atoms with Crippen molar-refractivity contribution in [3.63, 3.8) is 0 Å². The number of amides is 1. The van der Waals surface area contributed by atoms with Crippen LogP contribution in [0.4, 0.5) is 0 Å². The number of nitriles is 1. The summed E-state index contributed by atoms with van der Waals surface area (Å²) in [5, 5.41) is 9.06. The molecule has 2 N–H and O–H groups in total. The van der Waals surface area contributed by atoms with Crippen LogP contribution in [-0.4, -0.2) is 5.91 Å². The maximum Gasteiger partial charge on any atom is 0.293 e. The molecular weight excluding hydrogens is 200 g/mol. The first-order chi connectivity index (χ1) is 7.66. The van der Waals surface area contributed by atoms with Gasteiger partial charge in [-0.15, -0.1) is 0 Å². The quantitative estimate of drug-likeness (QED) is 0.705. The zero-order valence-corrected chi connectivity index (χ0v) is 8.66.